The van der Waals surface area contributed by atoms with Gasteiger partial charge in [0.05, 0.1) is 18.2 Å². The molecule has 0 spiro atoms. The number of rotatable bonds is 4. The molecule has 0 atom stereocenters. The van der Waals surface area contributed by atoms with Gasteiger partial charge >= 0.3 is 0 Å². The molecule has 2 rings (SSSR count). The van der Waals surface area contributed by atoms with Crippen LogP contribution < -0.4 is 0 Å². The Morgan fingerprint density at radius 1 is 1.39 bits per heavy atom. The molecule has 0 N–H and O–H groups in total. The van der Waals surface area contributed by atoms with Crippen LogP contribution in [-0.4, -0.2) is 23.9 Å². The van der Waals surface area contributed by atoms with E-state index >= 15 is 0 Å². The third-order valence-electron chi connectivity index (χ3n) is 3.01. The van der Waals surface area contributed by atoms with Gasteiger partial charge in [0.2, 0.25) is 0 Å². The maximum atomic E-state index is 12.2. The highest BCUT2D eigenvalue weighted by Crippen LogP contribution is 2.30. The second-order valence-corrected chi connectivity index (χ2v) is 4.52. The number of terminal acetylenes is 1. The first kappa shape index (κ1) is 12.2. The highest BCUT2D eigenvalue weighted by atomic mass is 16.2. The lowest BCUT2D eigenvalue weighted by Gasteiger charge is -2.20. The molecular weight excluding hydrogens is 224 g/mol. The van der Waals surface area contributed by atoms with Crippen molar-refractivity contribution >= 4 is 5.91 Å². The average Bonchev–Trinajstić information content (AvgIpc) is 3.21. The van der Waals surface area contributed by atoms with Gasteiger partial charge in [0.1, 0.15) is 0 Å². The molecular formula is C15H14N2O. The largest absolute Gasteiger partial charge is 0.327 e. The molecule has 1 aromatic carbocycles. The first-order valence-electron chi connectivity index (χ1n) is 5.97. The smallest absolute Gasteiger partial charge is 0.254 e. The molecule has 0 aromatic heterocycles. The van der Waals surface area contributed by atoms with Crippen molar-refractivity contribution in [3.63, 3.8) is 0 Å². The molecule has 0 bridgehead atoms. The van der Waals surface area contributed by atoms with E-state index in [0.717, 1.165) is 6.54 Å². The minimum absolute atomic E-state index is 0.0515. The number of hydrogen-bond donors (Lipinski definition) is 0. The minimum Gasteiger partial charge on any atom is -0.327 e. The Labute approximate surface area is 107 Å². The van der Waals surface area contributed by atoms with Crippen LogP contribution in [0.25, 0.3) is 0 Å². The third kappa shape index (κ3) is 2.90. The number of nitriles is 1. The highest BCUT2D eigenvalue weighted by molar-refractivity contribution is 5.94. The third-order valence-corrected chi connectivity index (χ3v) is 3.01. The highest BCUT2D eigenvalue weighted by Gasteiger charge is 2.26. The summed E-state index contributed by atoms with van der Waals surface area (Å²) in [6.45, 7) is 1.08. The SMILES string of the molecule is C#CCN(CC1CC1)C(=O)c1ccc(C#N)cc1. The predicted molar refractivity (Wildman–Crippen MR) is 68.6 cm³/mol. The van der Waals surface area contributed by atoms with Gasteiger partial charge in [-0.15, -0.1) is 6.42 Å². The van der Waals surface area contributed by atoms with Gasteiger partial charge in [0, 0.05) is 12.1 Å². The van der Waals surface area contributed by atoms with Gasteiger partial charge in [-0.05, 0) is 43.0 Å². The van der Waals surface area contributed by atoms with Crippen LogP contribution in [0.3, 0.4) is 0 Å². The van der Waals surface area contributed by atoms with Gasteiger partial charge in [-0.3, -0.25) is 4.79 Å². The molecule has 3 nitrogen and oxygen atoms in total. The summed E-state index contributed by atoms with van der Waals surface area (Å²) >= 11 is 0. The fourth-order valence-corrected chi connectivity index (χ4v) is 1.81. The second-order valence-electron chi connectivity index (χ2n) is 4.52. The van der Waals surface area contributed by atoms with E-state index in [1.54, 1.807) is 29.2 Å². The molecule has 90 valence electrons. The topological polar surface area (TPSA) is 44.1 Å². The van der Waals surface area contributed by atoms with Crippen LogP contribution in [-0.2, 0) is 0 Å². The van der Waals surface area contributed by atoms with Crippen molar-refractivity contribution < 1.29 is 4.79 Å². The zero-order chi connectivity index (χ0) is 13.0. The van der Waals surface area contributed by atoms with Gasteiger partial charge in [-0.2, -0.15) is 5.26 Å². The average molecular weight is 238 g/mol. The summed E-state index contributed by atoms with van der Waals surface area (Å²) in [5.41, 5.74) is 1.14. The van der Waals surface area contributed by atoms with Crippen molar-refractivity contribution in [1.82, 2.24) is 4.90 Å². The summed E-state index contributed by atoms with van der Waals surface area (Å²) in [5.74, 6) is 3.09. The summed E-state index contributed by atoms with van der Waals surface area (Å²) in [5, 5.41) is 8.72. The van der Waals surface area contributed by atoms with E-state index in [1.807, 2.05) is 6.07 Å². The number of nitrogens with zero attached hydrogens (tertiary/aromatic N) is 2. The van der Waals surface area contributed by atoms with E-state index in [-0.39, 0.29) is 5.91 Å². The molecule has 1 aromatic rings. The molecule has 0 radical (unpaired) electrons. The maximum absolute atomic E-state index is 12.2. The number of hydrogen-bond acceptors (Lipinski definition) is 2. The van der Waals surface area contributed by atoms with Crippen molar-refractivity contribution in [2.45, 2.75) is 12.8 Å². The molecule has 3 heteroatoms. The molecule has 0 unspecified atom stereocenters. The van der Waals surface area contributed by atoms with Gasteiger partial charge < -0.3 is 4.90 Å². The van der Waals surface area contributed by atoms with Crippen molar-refractivity contribution in [3.05, 3.63) is 35.4 Å². The fraction of sp³-hybridized carbons (Fsp3) is 0.333. The molecule has 0 aliphatic heterocycles. The van der Waals surface area contributed by atoms with Gasteiger partial charge in [0.25, 0.3) is 5.91 Å². The van der Waals surface area contributed by atoms with E-state index in [1.165, 1.54) is 12.8 Å². The zero-order valence-corrected chi connectivity index (χ0v) is 10.1. The van der Waals surface area contributed by atoms with Crippen LogP contribution in [0.1, 0.15) is 28.8 Å². The summed E-state index contributed by atoms with van der Waals surface area (Å²) < 4.78 is 0. The Kier molecular flexibility index (Phi) is 3.65. The summed E-state index contributed by atoms with van der Waals surface area (Å²) in [4.78, 5) is 14.0. The van der Waals surface area contributed by atoms with Crippen molar-refractivity contribution in [3.8, 4) is 18.4 Å². The first-order valence-corrected chi connectivity index (χ1v) is 5.97. The molecule has 0 heterocycles. The second kappa shape index (κ2) is 5.38. The molecule has 1 fully saturated rings. The zero-order valence-electron chi connectivity index (χ0n) is 10.1. The Bertz CT molecular complexity index is 515. The first-order chi connectivity index (χ1) is 8.74. The quantitative estimate of drug-likeness (QED) is 0.753. The van der Waals surface area contributed by atoms with Crippen LogP contribution >= 0.6 is 0 Å². The van der Waals surface area contributed by atoms with E-state index in [9.17, 15) is 4.79 Å². The van der Waals surface area contributed by atoms with E-state index < -0.39 is 0 Å². The molecule has 1 aliphatic carbocycles. The van der Waals surface area contributed by atoms with Gasteiger partial charge in [-0.25, -0.2) is 0 Å². The van der Waals surface area contributed by atoms with Crippen LogP contribution in [0.4, 0.5) is 0 Å². The standard InChI is InChI=1S/C15H14N2O/c1-2-9-17(11-13-3-4-13)15(18)14-7-5-12(10-16)6-8-14/h1,5-8,13H,3-4,9,11H2. The lowest BCUT2D eigenvalue weighted by atomic mass is 10.1. The van der Waals surface area contributed by atoms with Gasteiger partial charge in [0.15, 0.2) is 0 Å². The Morgan fingerprint density at radius 2 is 2.06 bits per heavy atom. The number of carbonyl (C=O) groups excluding carboxylic acids is 1. The van der Waals surface area contributed by atoms with Crippen molar-refractivity contribution in [1.29, 1.82) is 5.26 Å². The molecule has 0 saturated heterocycles. The summed E-state index contributed by atoms with van der Waals surface area (Å²) in [7, 11) is 0. The maximum Gasteiger partial charge on any atom is 0.254 e. The number of carbonyl (C=O) groups is 1. The Balaban J connectivity index is 2.11. The lowest BCUT2D eigenvalue weighted by molar-refractivity contribution is 0.0770. The summed E-state index contributed by atoms with van der Waals surface area (Å²) in [6, 6.07) is 8.69. The van der Waals surface area contributed by atoms with Crippen LogP contribution in [0, 0.1) is 29.6 Å². The lowest BCUT2D eigenvalue weighted by Crippen LogP contribution is -2.33. The normalized spacial score (nSPS) is 13.4. The van der Waals surface area contributed by atoms with Crippen LogP contribution in [0.5, 0.6) is 0 Å². The summed E-state index contributed by atoms with van der Waals surface area (Å²) in [6.07, 6.45) is 7.66. The molecule has 1 aliphatic rings. The minimum atomic E-state index is -0.0515. The van der Waals surface area contributed by atoms with E-state index in [0.29, 0.717) is 23.6 Å². The van der Waals surface area contributed by atoms with Crippen LogP contribution in [0.15, 0.2) is 24.3 Å². The van der Waals surface area contributed by atoms with Crippen LogP contribution in [0.2, 0.25) is 0 Å². The molecule has 18 heavy (non-hydrogen) atoms. The fourth-order valence-electron chi connectivity index (χ4n) is 1.81. The van der Waals surface area contributed by atoms with Crippen molar-refractivity contribution in [2.24, 2.45) is 5.92 Å². The van der Waals surface area contributed by atoms with Gasteiger partial charge in [-0.1, -0.05) is 5.92 Å². The molecule has 1 amide bonds. The number of amides is 1. The monoisotopic (exact) mass is 238 g/mol. The molecule has 1 saturated carbocycles. The van der Waals surface area contributed by atoms with E-state index in [4.69, 9.17) is 11.7 Å². The number of benzene rings is 1. The Morgan fingerprint density at radius 3 is 2.56 bits per heavy atom. The predicted octanol–water partition coefficient (Wildman–Crippen LogP) is 2.04. The van der Waals surface area contributed by atoms with E-state index in [2.05, 4.69) is 5.92 Å². The van der Waals surface area contributed by atoms with Crippen molar-refractivity contribution in [2.75, 3.05) is 13.1 Å². The Hall–Kier alpha value is -2.26.